The van der Waals surface area contributed by atoms with Gasteiger partial charge in [-0.1, -0.05) is 60.2 Å². The number of rotatable bonds is 5. The van der Waals surface area contributed by atoms with Crippen LogP contribution in [0.1, 0.15) is 30.1 Å². The van der Waals surface area contributed by atoms with Crippen LogP contribution < -0.4 is 0 Å². The Morgan fingerprint density at radius 2 is 1.83 bits per heavy atom. The van der Waals surface area contributed by atoms with Crippen molar-refractivity contribution < 1.29 is 9.90 Å². The fraction of sp³-hybridized carbons (Fsp3) is 0.348. The van der Waals surface area contributed by atoms with E-state index in [9.17, 15) is 9.90 Å². The van der Waals surface area contributed by atoms with Crippen molar-refractivity contribution >= 4 is 18.1 Å². The van der Waals surface area contributed by atoms with E-state index < -0.39 is 6.10 Å². The maximum Gasteiger partial charge on any atom is 0.242 e. The predicted molar refractivity (Wildman–Crippen MR) is 118 cm³/mol. The maximum atomic E-state index is 13.0. The van der Waals surface area contributed by atoms with Gasteiger partial charge in [0.2, 0.25) is 5.91 Å². The summed E-state index contributed by atoms with van der Waals surface area (Å²) >= 11 is 5.37. The summed E-state index contributed by atoms with van der Waals surface area (Å²) in [4.78, 5) is 14.8. The van der Waals surface area contributed by atoms with E-state index in [4.69, 9.17) is 12.2 Å². The highest BCUT2D eigenvalue weighted by molar-refractivity contribution is 7.71. The van der Waals surface area contributed by atoms with E-state index in [1.54, 1.807) is 4.57 Å². The molecule has 1 aromatic heterocycles. The fourth-order valence-corrected chi connectivity index (χ4v) is 4.21. The SMILES string of the molecule is Cc1ccc(-c2n[nH]c(=S)n2CC(=O)N2CCC(C(O)c3ccccc3)CC2)cc1. The largest absolute Gasteiger partial charge is 0.388 e. The van der Waals surface area contributed by atoms with Crippen molar-refractivity contribution in [2.75, 3.05) is 13.1 Å². The van der Waals surface area contributed by atoms with Gasteiger partial charge in [-0.15, -0.1) is 0 Å². The lowest BCUT2D eigenvalue weighted by Gasteiger charge is -2.34. The lowest BCUT2D eigenvalue weighted by Crippen LogP contribution is -2.41. The minimum atomic E-state index is -0.487. The van der Waals surface area contributed by atoms with E-state index >= 15 is 0 Å². The van der Waals surface area contributed by atoms with Gasteiger partial charge in [-0.3, -0.25) is 14.5 Å². The van der Waals surface area contributed by atoms with Crippen molar-refractivity contribution in [3.63, 3.8) is 0 Å². The second kappa shape index (κ2) is 8.93. The van der Waals surface area contributed by atoms with Crippen molar-refractivity contribution in [2.24, 2.45) is 5.92 Å². The first-order chi connectivity index (χ1) is 14.5. The molecule has 0 aliphatic carbocycles. The van der Waals surface area contributed by atoms with Crippen molar-refractivity contribution in [1.82, 2.24) is 19.7 Å². The minimum absolute atomic E-state index is 0.0218. The first-order valence-corrected chi connectivity index (χ1v) is 10.7. The van der Waals surface area contributed by atoms with Crippen molar-refractivity contribution in [1.29, 1.82) is 0 Å². The molecule has 3 aromatic rings. The lowest BCUT2D eigenvalue weighted by atomic mass is 9.87. The van der Waals surface area contributed by atoms with Crippen LogP contribution in [-0.2, 0) is 11.3 Å². The van der Waals surface area contributed by atoms with Gasteiger partial charge in [0.1, 0.15) is 6.54 Å². The number of H-pyrrole nitrogens is 1. The fourth-order valence-electron chi connectivity index (χ4n) is 4.01. The number of likely N-dealkylation sites (tertiary alicyclic amines) is 1. The minimum Gasteiger partial charge on any atom is -0.388 e. The number of nitrogens with zero attached hydrogens (tertiary/aromatic N) is 3. The van der Waals surface area contributed by atoms with E-state index in [1.807, 2.05) is 66.4 Å². The van der Waals surface area contributed by atoms with Crippen LogP contribution in [0.3, 0.4) is 0 Å². The molecule has 2 aromatic carbocycles. The maximum absolute atomic E-state index is 13.0. The first kappa shape index (κ1) is 20.5. The summed E-state index contributed by atoms with van der Waals surface area (Å²) in [5.74, 6) is 0.854. The number of benzene rings is 2. The normalized spacial score (nSPS) is 15.9. The summed E-state index contributed by atoms with van der Waals surface area (Å²) < 4.78 is 2.20. The Kier molecular flexibility index (Phi) is 6.11. The molecule has 1 atom stereocenters. The van der Waals surface area contributed by atoms with E-state index in [1.165, 1.54) is 0 Å². The summed E-state index contributed by atoms with van der Waals surface area (Å²) in [6.45, 7) is 3.46. The Labute approximate surface area is 181 Å². The zero-order chi connectivity index (χ0) is 21.1. The zero-order valence-electron chi connectivity index (χ0n) is 17.0. The Morgan fingerprint density at radius 1 is 1.17 bits per heavy atom. The number of carbonyl (C=O) groups excluding carboxylic acids is 1. The molecular formula is C23H26N4O2S. The van der Waals surface area contributed by atoms with Crippen LogP contribution in [0, 0.1) is 17.6 Å². The van der Waals surface area contributed by atoms with E-state index in [2.05, 4.69) is 10.2 Å². The van der Waals surface area contributed by atoms with Gasteiger partial charge in [-0.25, -0.2) is 0 Å². The first-order valence-electron chi connectivity index (χ1n) is 10.3. The molecule has 30 heavy (non-hydrogen) atoms. The van der Waals surface area contributed by atoms with Gasteiger partial charge >= 0.3 is 0 Å². The van der Waals surface area contributed by atoms with Gasteiger partial charge in [-0.2, -0.15) is 5.10 Å². The molecule has 0 radical (unpaired) electrons. The standard InChI is InChI=1S/C23H26N4O2S/c1-16-7-9-19(10-8-16)22-24-25-23(30)27(22)15-20(28)26-13-11-18(12-14-26)21(29)17-5-3-2-4-6-17/h2-10,18,21,29H,11-15H2,1H3,(H,25,30). The van der Waals surface area contributed by atoms with Crippen LogP contribution in [0.5, 0.6) is 0 Å². The molecule has 1 aliphatic heterocycles. The molecule has 1 aliphatic rings. The summed E-state index contributed by atoms with van der Waals surface area (Å²) in [5.41, 5.74) is 3.02. The second-order valence-corrected chi connectivity index (χ2v) is 8.26. The van der Waals surface area contributed by atoms with Crippen molar-refractivity contribution in [3.8, 4) is 11.4 Å². The number of amides is 1. The van der Waals surface area contributed by atoms with Gasteiger partial charge in [0.05, 0.1) is 6.10 Å². The number of aliphatic hydroxyl groups is 1. The molecule has 0 bridgehead atoms. The van der Waals surface area contributed by atoms with E-state index in [0.717, 1.165) is 29.5 Å². The number of nitrogens with one attached hydrogen (secondary N) is 1. The van der Waals surface area contributed by atoms with Gasteiger partial charge < -0.3 is 10.0 Å². The smallest absolute Gasteiger partial charge is 0.242 e. The van der Waals surface area contributed by atoms with Gasteiger partial charge in [0, 0.05) is 18.7 Å². The van der Waals surface area contributed by atoms with E-state index in [0.29, 0.717) is 23.7 Å². The molecular weight excluding hydrogens is 396 g/mol. The number of hydrogen-bond acceptors (Lipinski definition) is 4. The molecule has 2 heterocycles. The number of aromatic nitrogens is 3. The third-order valence-electron chi connectivity index (χ3n) is 5.84. The number of piperidine rings is 1. The highest BCUT2D eigenvalue weighted by Crippen LogP contribution is 2.30. The lowest BCUT2D eigenvalue weighted by molar-refractivity contribution is -0.133. The average molecular weight is 423 g/mol. The average Bonchev–Trinajstić information content (AvgIpc) is 3.14. The summed E-state index contributed by atoms with van der Waals surface area (Å²) in [5, 5.41) is 17.8. The van der Waals surface area contributed by atoms with Gasteiger partial charge in [0.15, 0.2) is 10.6 Å². The van der Waals surface area contributed by atoms with Crippen LogP contribution in [0.25, 0.3) is 11.4 Å². The summed E-state index contributed by atoms with van der Waals surface area (Å²) in [6, 6.07) is 17.7. The molecule has 156 valence electrons. The number of aromatic amines is 1. The molecule has 1 unspecified atom stereocenters. The molecule has 2 N–H and O–H groups in total. The van der Waals surface area contributed by atoms with E-state index in [-0.39, 0.29) is 18.4 Å². The Bertz CT molecular complexity index is 1050. The second-order valence-electron chi connectivity index (χ2n) is 7.88. The van der Waals surface area contributed by atoms with Crippen molar-refractivity contribution in [2.45, 2.75) is 32.4 Å². The Balaban J connectivity index is 1.41. The monoisotopic (exact) mass is 422 g/mol. The molecule has 0 spiro atoms. The van der Waals surface area contributed by atoms with Crippen LogP contribution in [0.2, 0.25) is 0 Å². The number of aryl methyl sites for hydroxylation is 1. The molecule has 4 rings (SSSR count). The highest BCUT2D eigenvalue weighted by atomic mass is 32.1. The van der Waals surface area contributed by atoms with Crippen LogP contribution in [0.4, 0.5) is 0 Å². The zero-order valence-corrected chi connectivity index (χ0v) is 17.8. The molecule has 1 saturated heterocycles. The Hall–Kier alpha value is -2.77. The van der Waals surface area contributed by atoms with Crippen molar-refractivity contribution in [3.05, 3.63) is 70.5 Å². The summed E-state index contributed by atoms with van der Waals surface area (Å²) in [6.07, 6.45) is 1.08. The Morgan fingerprint density at radius 3 is 2.50 bits per heavy atom. The molecule has 0 saturated carbocycles. The predicted octanol–water partition coefficient (Wildman–Crippen LogP) is 3.89. The number of hydrogen-bond donors (Lipinski definition) is 2. The van der Waals surface area contributed by atoms with Crippen LogP contribution >= 0.6 is 12.2 Å². The topological polar surface area (TPSA) is 74.2 Å². The third kappa shape index (κ3) is 4.37. The number of carbonyl (C=O) groups is 1. The quantitative estimate of drug-likeness (QED) is 0.612. The number of aliphatic hydroxyl groups excluding tert-OH is 1. The van der Waals surface area contributed by atoms with Gasteiger partial charge in [0.25, 0.3) is 0 Å². The highest BCUT2D eigenvalue weighted by Gasteiger charge is 2.28. The molecule has 1 amide bonds. The molecule has 7 heteroatoms. The van der Waals surface area contributed by atoms with Crippen LogP contribution in [0.15, 0.2) is 54.6 Å². The van der Waals surface area contributed by atoms with Gasteiger partial charge in [-0.05, 0) is 43.5 Å². The molecule has 1 fully saturated rings. The molecule has 6 nitrogen and oxygen atoms in total. The summed E-state index contributed by atoms with van der Waals surface area (Å²) in [7, 11) is 0. The third-order valence-corrected chi connectivity index (χ3v) is 6.15. The van der Waals surface area contributed by atoms with Crippen LogP contribution in [-0.4, -0.2) is 43.8 Å².